The Bertz CT molecular complexity index is 936. The predicted molar refractivity (Wildman–Crippen MR) is 113 cm³/mol. The van der Waals surface area contributed by atoms with E-state index in [1.54, 1.807) is 0 Å². The fraction of sp³-hybridized carbons (Fsp3) is 1.00. The summed E-state index contributed by atoms with van der Waals surface area (Å²) in [6.07, 6.45) is -2.55. The van der Waals surface area contributed by atoms with E-state index in [1.165, 1.54) is 56.3 Å². The third-order valence-electron chi connectivity index (χ3n) is 5.81. The molecule has 0 fully saturated rings. The van der Waals surface area contributed by atoms with Gasteiger partial charge in [0.2, 0.25) is 0 Å². The number of nitrogens with zero attached hydrogens (tertiary/aromatic N) is 1. The zero-order valence-corrected chi connectivity index (χ0v) is 23.0. The van der Waals surface area contributed by atoms with Crippen LogP contribution in [0.3, 0.4) is 0 Å². The fourth-order valence-corrected chi connectivity index (χ4v) is 4.33. The highest BCUT2D eigenvalue weighted by atomic mass is 32.2. The fourth-order valence-electron chi connectivity index (χ4n) is 3.88. The number of halogens is 17. The molecule has 42 heavy (non-hydrogen) atoms. The van der Waals surface area contributed by atoms with E-state index >= 15 is 0 Å². The summed E-state index contributed by atoms with van der Waals surface area (Å²) in [6, 6.07) is 0. The lowest BCUT2D eigenvalue weighted by molar-refractivity contribution is -0.928. The minimum Gasteiger partial charge on any atom is -0.324 e. The molecule has 0 unspecified atom stereocenters. The Labute approximate surface area is 229 Å². The SMILES string of the molecule is CCC[N+](CCC)(CCC)CCC.O=S(=O)(O)C(F)(F)C(F)(F)C(F)(F)C(F)(F)C(F)(F)C(F)(F)C(F)(F)C(F)(F)F. The van der Waals surface area contributed by atoms with Crippen LogP contribution in [-0.2, 0) is 10.1 Å². The van der Waals surface area contributed by atoms with Crippen molar-refractivity contribution in [2.75, 3.05) is 26.2 Å². The molecule has 0 aromatic carbocycles. The van der Waals surface area contributed by atoms with Crippen LogP contribution in [0.1, 0.15) is 53.4 Å². The van der Waals surface area contributed by atoms with Gasteiger partial charge in [0.15, 0.2) is 0 Å². The van der Waals surface area contributed by atoms with Gasteiger partial charge in [0.1, 0.15) is 0 Å². The molecule has 0 saturated carbocycles. The maximum absolute atomic E-state index is 13.0. The van der Waals surface area contributed by atoms with Crippen LogP contribution in [0.4, 0.5) is 74.6 Å². The minimum atomic E-state index is -8.89. The van der Waals surface area contributed by atoms with Crippen LogP contribution in [0.15, 0.2) is 0 Å². The molecule has 22 heteroatoms. The van der Waals surface area contributed by atoms with E-state index in [2.05, 4.69) is 27.7 Å². The van der Waals surface area contributed by atoms with E-state index in [9.17, 15) is 83.1 Å². The van der Waals surface area contributed by atoms with Crippen LogP contribution in [0, 0.1) is 0 Å². The summed E-state index contributed by atoms with van der Waals surface area (Å²) in [5.74, 6) is -52.0. The summed E-state index contributed by atoms with van der Waals surface area (Å²) in [6.45, 7) is 14.8. The van der Waals surface area contributed by atoms with E-state index in [4.69, 9.17) is 4.55 Å². The smallest absolute Gasteiger partial charge is 0.324 e. The molecule has 0 atom stereocenters. The van der Waals surface area contributed by atoms with Crippen molar-refractivity contribution in [1.29, 1.82) is 0 Å². The Hall–Kier alpha value is -1.32. The Kier molecular flexibility index (Phi) is 13.6. The van der Waals surface area contributed by atoms with Crippen LogP contribution >= 0.6 is 0 Å². The van der Waals surface area contributed by atoms with Crippen molar-refractivity contribution in [1.82, 2.24) is 0 Å². The van der Waals surface area contributed by atoms with Crippen LogP contribution in [0.5, 0.6) is 0 Å². The van der Waals surface area contributed by atoms with Crippen molar-refractivity contribution < 1.29 is 92.1 Å². The lowest BCUT2D eigenvalue weighted by Crippen LogP contribution is -2.74. The summed E-state index contributed by atoms with van der Waals surface area (Å²) in [5, 5.41) is -7.84. The first-order valence-electron chi connectivity index (χ1n) is 11.8. The van der Waals surface area contributed by atoms with Gasteiger partial charge in [-0.3, -0.25) is 4.55 Å². The first-order chi connectivity index (χ1) is 18.2. The first-order valence-corrected chi connectivity index (χ1v) is 13.2. The Morgan fingerprint density at radius 1 is 0.452 bits per heavy atom. The van der Waals surface area contributed by atoms with Gasteiger partial charge in [0.25, 0.3) is 0 Å². The summed E-state index contributed by atoms with van der Waals surface area (Å²) < 4.78 is 244. The average molecular weight is 686 g/mol. The molecule has 0 spiro atoms. The van der Waals surface area contributed by atoms with Crippen molar-refractivity contribution in [3.8, 4) is 0 Å². The normalized spacial score (nSPS) is 15.4. The molecule has 0 amide bonds. The second-order valence-electron chi connectivity index (χ2n) is 9.17. The molecule has 0 saturated heterocycles. The molecule has 0 bridgehead atoms. The van der Waals surface area contributed by atoms with Crippen molar-refractivity contribution in [2.24, 2.45) is 0 Å². The van der Waals surface area contributed by atoms with Gasteiger partial charge >= 0.3 is 57.1 Å². The summed E-state index contributed by atoms with van der Waals surface area (Å²) in [5.41, 5.74) is 0. The third kappa shape index (κ3) is 7.31. The molecule has 0 aliphatic heterocycles. The van der Waals surface area contributed by atoms with E-state index in [-0.39, 0.29) is 0 Å². The minimum absolute atomic E-state index is 1.33. The summed E-state index contributed by atoms with van der Waals surface area (Å²) in [4.78, 5) is 0. The Balaban J connectivity index is 0. The van der Waals surface area contributed by atoms with E-state index in [0.29, 0.717) is 0 Å². The van der Waals surface area contributed by atoms with Gasteiger partial charge in [0, 0.05) is 0 Å². The standard InChI is InChI=1S/C12H28N.C8HF17O3S/c1-5-9-13(10-6-2,11-7-3)12-8-4;9-1(10,3(13,14)5(17,18)7(21,22)23)2(11,12)4(15,16)6(19,20)8(24,25)29(26,27)28/h5-12H2,1-4H3;(H,26,27,28)/q+1;. The Morgan fingerprint density at radius 2 is 0.667 bits per heavy atom. The van der Waals surface area contributed by atoms with Gasteiger partial charge in [-0.15, -0.1) is 0 Å². The van der Waals surface area contributed by atoms with Gasteiger partial charge in [0.05, 0.1) is 26.2 Å². The van der Waals surface area contributed by atoms with E-state index < -0.39 is 57.1 Å². The molecule has 0 heterocycles. The lowest BCUT2D eigenvalue weighted by Gasteiger charge is -2.42. The van der Waals surface area contributed by atoms with Crippen molar-refractivity contribution >= 4 is 10.1 Å². The van der Waals surface area contributed by atoms with Crippen LogP contribution in [0.25, 0.3) is 0 Å². The van der Waals surface area contributed by atoms with Crippen molar-refractivity contribution in [3.05, 3.63) is 0 Å². The van der Waals surface area contributed by atoms with Crippen LogP contribution in [-0.4, -0.2) is 90.6 Å². The van der Waals surface area contributed by atoms with Gasteiger partial charge in [-0.1, -0.05) is 27.7 Å². The Morgan fingerprint density at radius 3 is 0.857 bits per heavy atom. The average Bonchev–Trinajstić information content (AvgIpc) is 2.78. The van der Waals surface area contributed by atoms with E-state index in [0.717, 1.165) is 0 Å². The van der Waals surface area contributed by atoms with E-state index in [1.807, 2.05) is 0 Å². The molecule has 4 nitrogen and oxygen atoms in total. The molecule has 0 rings (SSSR count). The molecule has 0 aliphatic rings. The number of hydrogen-bond acceptors (Lipinski definition) is 2. The first kappa shape index (κ1) is 42.8. The molecule has 1 N–H and O–H groups in total. The predicted octanol–water partition coefficient (Wildman–Crippen LogP) is 8.28. The van der Waals surface area contributed by atoms with Crippen LogP contribution < -0.4 is 0 Å². The summed E-state index contributed by atoms with van der Waals surface area (Å²) in [7, 11) is -7.89. The van der Waals surface area contributed by atoms with Gasteiger partial charge in [-0.25, -0.2) is 0 Å². The van der Waals surface area contributed by atoms with Crippen LogP contribution in [0.2, 0.25) is 0 Å². The largest absolute Gasteiger partial charge is 0.460 e. The molecule has 0 aromatic heterocycles. The zero-order chi connectivity index (χ0) is 34.7. The quantitative estimate of drug-likeness (QED) is 0.107. The maximum atomic E-state index is 13.0. The zero-order valence-electron chi connectivity index (χ0n) is 22.2. The maximum Gasteiger partial charge on any atom is 0.460 e. The number of hydrogen-bond donors (Lipinski definition) is 1. The number of rotatable bonds is 15. The highest BCUT2D eigenvalue weighted by Crippen LogP contribution is 2.64. The second kappa shape index (κ2) is 13.4. The highest BCUT2D eigenvalue weighted by molar-refractivity contribution is 7.87. The monoisotopic (exact) mass is 686 g/mol. The molecule has 256 valence electrons. The van der Waals surface area contributed by atoms with Gasteiger partial charge in [-0.2, -0.15) is 83.1 Å². The van der Waals surface area contributed by atoms with Gasteiger partial charge < -0.3 is 4.48 Å². The molecule has 0 radical (unpaired) electrons. The lowest BCUT2D eigenvalue weighted by atomic mass is 9.91. The number of quaternary nitrogens is 1. The second-order valence-corrected chi connectivity index (χ2v) is 10.6. The van der Waals surface area contributed by atoms with Crippen molar-refractivity contribution in [2.45, 2.75) is 100 Å². The highest BCUT2D eigenvalue weighted by Gasteiger charge is 2.96. The molecular formula is C20H29F17NO3S+. The third-order valence-corrected chi connectivity index (χ3v) is 6.71. The summed E-state index contributed by atoms with van der Waals surface area (Å²) >= 11 is 0. The van der Waals surface area contributed by atoms with Crippen molar-refractivity contribution in [3.63, 3.8) is 0 Å². The van der Waals surface area contributed by atoms with Gasteiger partial charge in [-0.05, 0) is 25.7 Å². The topological polar surface area (TPSA) is 54.4 Å². The molecule has 0 aliphatic carbocycles. The molecule has 0 aromatic rings. The number of alkyl halides is 17. The molecular weight excluding hydrogens is 657 g/mol.